The fourth-order valence-electron chi connectivity index (χ4n) is 3.03. The van der Waals surface area contributed by atoms with Crippen LogP contribution in [0.1, 0.15) is 72.4 Å². The Morgan fingerprint density at radius 1 is 1.39 bits per heavy atom. The quantitative estimate of drug-likeness (QED) is 0.168. The third kappa shape index (κ3) is 7.82. The minimum absolute atomic E-state index is 0. The molecule has 1 aromatic rings. The summed E-state index contributed by atoms with van der Waals surface area (Å²) in [6.45, 7) is 7.57. The minimum atomic E-state index is -0.310. The Bertz CT molecular complexity index is 633. The molecular weight excluding hydrogens is 491 g/mol. The summed E-state index contributed by atoms with van der Waals surface area (Å²) < 4.78 is 11.0. The highest BCUT2D eigenvalue weighted by molar-refractivity contribution is 14.0. The van der Waals surface area contributed by atoms with Crippen LogP contribution in [0.25, 0.3) is 0 Å². The molecule has 0 spiro atoms. The number of guanidine groups is 1. The van der Waals surface area contributed by atoms with Gasteiger partial charge in [0.05, 0.1) is 24.4 Å². The fraction of sp³-hybridized carbons (Fsp3) is 0.737. The van der Waals surface area contributed by atoms with Gasteiger partial charge in [-0.05, 0) is 40.0 Å². The number of aromatic nitrogens is 1. The van der Waals surface area contributed by atoms with Crippen LogP contribution < -0.4 is 10.6 Å². The Morgan fingerprint density at radius 2 is 2.11 bits per heavy atom. The topological polar surface area (TPSA) is 84.8 Å². The molecule has 2 rings (SSSR count). The van der Waals surface area contributed by atoms with Crippen molar-refractivity contribution < 1.29 is 14.3 Å². The molecule has 1 aliphatic rings. The van der Waals surface area contributed by atoms with Crippen LogP contribution in [0.2, 0.25) is 0 Å². The molecule has 0 aliphatic heterocycles. The normalized spacial score (nSPS) is 15.8. The van der Waals surface area contributed by atoms with Gasteiger partial charge in [-0.1, -0.05) is 12.8 Å². The van der Waals surface area contributed by atoms with E-state index in [0.29, 0.717) is 29.2 Å². The van der Waals surface area contributed by atoms with Gasteiger partial charge in [0.1, 0.15) is 9.88 Å². The molecule has 0 aromatic carbocycles. The molecule has 0 bridgehead atoms. The van der Waals surface area contributed by atoms with Crippen LogP contribution in [0.3, 0.4) is 0 Å². The molecule has 28 heavy (non-hydrogen) atoms. The molecule has 0 saturated heterocycles. The second-order valence-electron chi connectivity index (χ2n) is 6.68. The first-order chi connectivity index (χ1) is 13.0. The third-order valence-corrected chi connectivity index (χ3v) is 5.81. The number of nitrogens with one attached hydrogen (secondary N) is 2. The number of aliphatic imine (C=N–C) groups is 1. The number of aryl methyl sites for hydroxylation is 1. The monoisotopic (exact) mass is 524 g/mol. The van der Waals surface area contributed by atoms with Gasteiger partial charge in [-0.2, -0.15) is 0 Å². The lowest BCUT2D eigenvalue weighted by Crippen LogP contribution is -2.39. The van der Waals surface area contributed by atoms with Crippen LogP contribution in [0.5, 0.6) is 0 Å². The molecule has 1 aromatic heterocycles. The predicted octanol–water partition coefficient (Wildman–Crippen LogP) is 3.82. The van der Waals surface area contributed by atoms with Crippen LogP contribution in [-0.4, -0.2) is 49.8 Å². The minimum Gasteiger partial charge on any atom is -0.462 e. The zero-order chi connectivity index (χ0) is 19.6. The van der Waals surface area contributed by atoms with Crippen molar-refractivity contribution in [2.24, 2.45) is 4.99 Å². The number of ether oxygens (including phenoxy) is 2. The van der Waals surface area contributed by atoms with Gasteiger partial charge in [-0.15, -0.1) is 35.3 Å². The highest BCUT2D eigenvalue weighted by Crippen LogP contribution is 2.24. The number of halogens is 1. The van der Waals surface area contributed by atoms with Crippen molar-refractivity contribution in [2.45, 2.75) is 65.0 Å². The van der Waals surface area contributed by atoms with E-state index in [4.69, 9.17) is 9.47 Å². The molecule has 0 radical (unpaired) electrons. The molecule has 1 heterocycles. The summed E-state index contributed by atoms with van der Waals surface area (Å²) >= 11 is 1.36. The van der Waals surface area contributed by atoms with E-state index in [9.17, 15) is 4.79 Å². The van der Waals surface area contributed by atoms with Crippen molar-refractivity contribution in [1.29, 1.82) is 0 Å². The number of carbonyl (C=O) groups excluding carboxylic acids is 1. The van der Waals surface area contributed by atoms with Gasteiger partial charge in [0.15, 0.2) is 5.96 Å². The van der Waals surface area contributed by atoms with Gasteiger partial charge in [0.25, 0.3) is 0 Å². The fourth-order valence-corrected chi connectivity index (χ4v) is 4.00. The first-order valence-electron chi connectivity index (χ1n) is 9.78. The summed E-state index contributed by atoms with van der Waals surface area (Å²) in [5.74, 6) is 0.407. The van der Waals surface area contributed by atoms with E-state index in [1.807, 2.05) is 13.8 Å². The highest BCUT2D eigenvalue weighted by atomic mass is 127. The molecule has 160 valence electrons. The lowest BCUT2D eigenvalue weighted by Gasteiger charge is -2.16. The number of hydrogen-bond donors (Lipinski definition) is 2. The molecule has 1 fully saturated rings. The van der Waals surface area contributed by atoms with E-state index in [0.717, 1.165) is 24.6 Å². The van der Waals surface area contributed by atoms with Gasteiger partial charge in [0.2, 0.25) is 0 Å². The summed E-state index contributed by atoms with van der Waals surface area (Å²) in [4.78, 5) is 21.3. The second-order valence-corrected chi connectivity index (χ2v) is 7.71. The van der Waals surface area contributed by atoms with E-state index >= 15 is 0 Å². The van der Waals surface area contributed by atoms with Gasteiger partial charge >= 0.3 is 5.97 Å². The molecule has 0 amide bonds. The first-order valence-corrected chi connectivity index (χ1v) is 10.6. The average Bonchev–Trinajstić information content (AvgIpc) is 3.30. The maximum Gasteiger partial charge on any atom is 0.350 e. The molecule has 9 heteroatoms. The Labute approximate surface area is 189 Å². The summed E-state index contributed by atoms with van der Waals surface area (Å²) in [5, 5.41) is 7.46. The van der Waals surface area contributed by atoms with Crippen LogP contribution in [-0.2, 0) is 9.47 Å². The number of carbonyl (C=O) groups is 1. The molecular formula is C19H33IN4O3S. The van der Waals surface area contributed by atoms with Crippen LogP contribution in [0, 0.1) is 6.92 Å². The Balaban J connectivity index is 0.00000392. The van der Waals surface area contributed by atoms with Crippen LogP contribution in [0.15, 0.2) is 4.99 Å². The summed E-state index contributed by atoms with van der Waals surface area (Å²) in [5.41, 5.74) is 0.703. The zero-order valence-corrected chi connectivity index (χ0v) is 20.4. The lowest BCUT2D eigenvalue weighted by atomic mass is 10.3. The van der Waals surface area contributed by atoms with E-state index in [1.165, 1.54) is 37.0 Å². The predicted molar refractivity (Wildman–Crippen MR) is 124 cm³/mol. The SMILES string of the molecule is CCOC(=O)c1sc(C(C)NC(=NC)NCCCOC2CCCC2)nc1C.I. The number of hydrogen-bond acceptors (Lipinski definition) is 6. The van der Waals surface area contributed by atoms with Crippen LogP contribution >= 0.6 is 35.3 Å². The van der Waals surface area contributed by atoms with Crippen molar-refractivity contribution in [1.82, 2.24) is 15.6 Å². The van der Waals surface area contributed by atoms with Crippen molar-refractivity contribution >= 4 is 47.2 Å². The number of esters is 1. The maximum absolute atomic E-state index is 12.0. The van der Waals surface area contributed by atoms with E-state index in [2.05, 4.69) is 20.6 Å². The maximum atomic E-state index is 12.0. The molecule has 1 atom stereocenters. The van der Waals surface area contributed by atoms with Gasteiger partial charge < -0.3 is 20.1 Å². The standard InChI is InChI=1S/C19H32N4O3S.HI/c1-5-25-18(24)16-13(2)22-17(27-16)14(3)23-19(20-4)21-11-8-12-26-15-9-6-7-10-15;/h14-15H,5-12H2,1-4H3,(H2,20,21,23);1H. The molecule has 1 aliphatic carbocycles. The third-order valence-electron chi connectivity index (χ3n) is 4.49. The van der Waals surface area contributed by atoms with Gasteiger partial charge in [-0.3, -0.25) is 4.99 Å². The smallest absolute Gasteiger partial charge is 0.350 e. The number of rotatable bonds is 9. The Kier molecular flexibility index (Phi) is 11.9. The number of nitrogens with zero attached hydrogens (tertiary/aromatic N) is 2. The van der Waals surface area contributed by atoms with Crippen LogP contribution in [0.4, 0.5) is 0 Å². The lowest BCUT2D eigenvalue weighted by molar-refractivity contribution is 0.0530. The Hall–Kier alpha value is -0.940. The zero-order valence-electron chi connectivity index (χ0n) is 17.2. The van der Waals surface area contributed by atoms with Crippen molar-refractivity contribution in [3.63, 3.8) is 0 Å². The molecule has 2 N–H and O–H groups in total. The summed E-state index contributed by atoms with van der Waals surface area (Å²) in [7, 11) is 1.74. The van der Waals surface area contributed by atoms with E-state index in [-0.39, 0.29) is 36.0 Å². The van der Waals surface area contributed by atoms with E-state index < -0.39 is 0 Å². The first kappa shape index (κ1) is 25.1. The molecule has 1 unspecified atom stereocenters. The second kappa shape index (κ2) is 13.3. The van der Waals surface area contributed by atoms with Gasteiger partial charge in [0, 0.05) is 20.2 Å². The average molecular weight is 524 g/mol. The van der Waals surface area contributed by atoms with E-state index in [1.54, 1.807) is 14.0 Å². The Morgan fingerprint density at radius 3 is 2.75 bits per heavy atom. The molecule has 7 nitrogen and oxygen atoms in total. The number of thiazole rings is 1. The van der Waals surface area contributed by atoms with Crippen molar-refractivity contribution in [2.75, 3.05) is 26.8 Å². The summed E-state index contributed by atoms with van der Waals surface area (Å²) in [6.07, 6.45) is 6.40. The summed E-state index contributed by atoms with van der Waals surface area (Å²) in [6, 6.07) is -0.0576. The van der Waals surface area contributed by atoms with Crippen molar-refractivity contribution in [3.8, 4) is 0 Å². The molecule has 1 saturated carbocycles. The largest absolute Gasteiger partial charge is 0.462 e. The van der Waals surface area contributed by atoms with Crippen molar-refractivity contribution in [3.05, 3.63) is 15.6 Å². The van der Waals surface area contributed by atoms with Gasteiger partial charge in [-0.25, -0.2) is 9.78 Å². The highest BCUT2D eigenvalue weighted by Gasteiger charge is 2.20.